The zero-order valence-electron chi connectivity index (χ0n) is 18.0. The molecule has 0 amide bonds. The van der Waals surface area contributed by atoms with Crippen molar-refractivity contribution in [2.75, 3.05) is 28.6 Å². The molecule has 1 aromatic rings. The summed E-state index contributed by atoms with van der Waals surface area (Å²) in [5.74, 6) is 1.90. The van der Waals surface area contributed by atoms with Gasteiger partial charge >= 0.3 is 0 Å². The standard InChI is InChI=1S/C20H38N6O/c1-7-9-11-21-16-23-17(22-12-10-8-2)25-18(24-16)26-19(3,4)13-15(27)14-20(26,5)6/h15,27H,7-14H2,1-6H3,(H2,21,22,23,24,25). The predicted octanol–water partition coefficient (Wildman–Crippen LogP) is 3.81. The second kappa shape index (κ2) is 9.04. The molecule has 7 nitrogen and oxygen atoms in total. The lowest BCUT2D eigenvalue weighted by Crippen LogP contribution is -2.62. The molecule has 3 N–H and O–H groups in total. The van der Waals surface area contributed by atoms with E-state index in [1.165, 1.54) is 0 Å². The summed E-state index contributed by atoms with van der Waals surface area (Å²) >= 11 is 0. The van der Waals surface area contributed by atoms with Crippen LogP contribution in [0.25, 0.3) is 0 Å². The summed E-state index contributed by atoms with van der Waals surface area (Å²) < 4.78 is 0. The minimum atomic E-state index is -0.308. The molecule has 1 aliphatic heterocycles. The van der Waals surface area contributed by atoms with Crippen molar-refractivity contribution in [3.8, 4) is 0 Å². The number of nitrogens with one attached hydrogen (secondary N) is 2. The molecule has 0 aliphatic carbocycles. The van der Waals surface area contributed by atoms with E-state index in [1.54, 1.807) is 0 Å². The normalized spacial score (nSPS) is 19.1. The summed E-state index contributed by atoms with van der Waals surface area (Å²) in [5.41, 5.74) is -0.492. The number of hydrogen-bond donors (Lipinski definition) is 3. The highest BCUT2D eigenvalue weighted by Crippen LogP contribution is 2.41. The molecule has 0 bridgehead atoms. The van der Waals surface area contributed by atoms with Crippen LogP contribution in [0.2, 0.25) is 0 Å². The van der Waals surface area contributed by atoms with E-state index >= 15 is 0 Å². The molecule has 0 radical (unpaired) electrons. The number of hydrogen-bond acceptors (Lipinski definition) is 7. The first-order valence-corrected chi connectivity index (χ1v) is 10.4. The fourth-order valence-electron chi connectivity index (χ4n) is 4.15. The van der Waals surface area contributed by atoms with E-state index in [-0.39, 0.29) is 17.2 Å². The van der Waals surface area contributed by atoms with E-state index in [9.17, 15) is 5.11 Å². The molecule has 7 heteroatoms. The molecule has 2 rings (SSSR count). The van der Waals surface area contributed by atoms with Gasteiger partial charge in [-0.1, -0.05) is 26.7 Å². The van der Waals surface area contributed by atoms with Gasteiger partial charge in [-0.3, -0.25) is 0 Å². The van der Waals surface area contributed by atoms with Crippen LogP contribution in [0.3, 0.4) is 0 Å². The Morgan fingerprint density at radius 3 is 1.74 bits per heavy atom. The van der Waals surface area contributed by atoms with Gasteiger partial charge in [0.15, 0.2) is 0 Å². The summed E-state index contributed by atoms with van der Waals surface area (Å²) in [5, 5.41) is 17.0. The lowest BCUT2D eigenvalue weighted by molar-refractivity contribution is 0.0637. The molecule has 0 atom stereocenters. The highest BCUT2D eigenvalue weighted by atomic mass is 16.3. The Kier molecular flexibility index (Phi) is 7.25. The minimum Gasteiger partial charge on any atom is -0.393 e. The number of unbranched alkanes of at least 4 members (excludes halogenated alkanes) is 2. The molecular weight excluding hydrogens is 340 g/mol. The van der Waals surface area contributed by atoms with Crippen molar-refractivity contribution < 1.29 is 5.11 Å². The Labute approximate surface area is 164 Å². The summed E-state index contributed by atoms with van der Waals surface area (Å²) in [6.07, 6.45) is 5.47. The van der Waals surface area contributed by atoms with Crippen molar-refractivity contribution in [1.82, 2.24) is 15.0 Å². The molecule has 1 aromatic heterocycles. The number of piperidine rings is 1. The highest BCUT2D eigenvalue weighted by Gasteiger charge is 2.46. The maximum atomic E-state index is 10.3. The predicted molar refractivity (Wildman–Crippen MR) is 113 cm³/mol. The van der Waals surface area contributed by atoms with E-state index < -0.39 is 0 Å². The van der Waals surface area contributed by atoms with Crippen LogP contribution in [-0.2, 0) is 0 Å². The van der Waals surface area contributed by atoms with Crippen molar-refractivity contribution in [1.29, 1.82) is 0 Å². The fourth-order valence-corrected chi connectivity index (χ4v) is 4.15. The molecule has 1 aliphatic rings. The van der Waals surface area contributed by atoms with E-state index in [4.69, 9.17) is 9.97 Å². The summed E-state index contributed by atoms with van der Waals surface area (Å²) in [6.45, 7) is 14.6. The van der Waals surface area contributed by atoms with Crippen LogP contribution in [0.5, 0.6) is 0 Å². The summed E-state index contributed by atoms with van der Waals surface area (Å²) in [7, 11) is 0. The average Bonchev–Trinajstić information content (AvgIpc) is 2.52. The number of rotatable bonds is 9. The van der Waals surface area contributed by atoms with Crippen LogP contribution in [0, 0.1) is 0 Å². The topological polar surface area (TPSA) is 86.2 Å². The van der Waals surface area contributed by atoms with Crippen molar-refractivity contribution in [2.45, 2.75) is 97.2 Å². The lowest BCUT2D eigenvalue weighted by atomic mass is 9.78. The Hall–Kier alpha value is -1.63. The van der Waals surface area contributed by atoms with E-state index in [2.05, 4.69) is 62.1 Å². The van der Waals surface area contributed by atoms with Crippen LogP contribution in [-0.4, -0.2) is 50.3 Å². The first-order valence-electron chi connectivity index (χ1n) is 10.4. The number of aliphatic hydroxyl groups is 1. The third-order valence-electron chi connectivity index (χ3n) is 5.13. The molecule has 0 spiro atoms. The quantitative estimate of drug-likeness (QED) is 0.563. The van der Waals surface area contributed by atoms with Crippen molar-refractivity contribution in [3.63, 3.8) is 0 Å². The molecule has 0 aromatic carbocycles. The van der Waals surface area contributed by atoms with Gasteiger partial charge in [-0.05, 0) is 53.4 Å². The molecule has 1 fully saturated rings. The maximum absolute atomic E-state index is 10.3. The van der Waals surface area contributed by atoms with Gasteiger partial charge in [-0.25, -0.2) is 0 Å². The SMILES string of the molecule is CCCCNc1nc(NCCCC)nc(N2C(C)(C)CC(O)CC2(C)C)n1. The van der Waals surface area contributed by atoms with Gasteiger partial charge in [-0.2, -0.15) is 15.0 Å². The summed E-state index contributed by atoms with van der Waals surface area (Å²) in [4.78, 5) is 16.3. The number of nitrogens with zero attached hydrogens (tertiary/aromatic N) is 4. The Bertz CT molecular complexity index is 558. The van der Waals surface area contributed by atoms with Gasteiger partial charge in [-0.15, -0.1) is 0 Å². The Morgan fingerprint density at radius 2 is 1.33 bits per heavy atom. The van der Waals surface area contributed by atoms with Crippen LogP contribution >= 0.6 is 0 Å². The van der Waals surface area contributed by atoms with Crippen LogP contribution < -0.4 is 15.5 Å². The van der Waals surface area contributed by atoms with Crippen molar-refractivity contribution >= 4 is 17.8 Å². The highest BCUT2D eigenvalue weighted by molar-refractivity contribution is 5.48. The van der Waals surface area contributed by atoms with Gasteiger partial charge in [0.25, 0.3) is 0 Å². The number of anilines is 3. The first kappa shape index (κ1) is 21.7. The zero-order valence-corrected chi connectivity index (χ0v) is 18.0. The molecule has 0 unspecified atom stereocenters. The first-order chi connectivity index (χ1) is 12.7. The zero-order chi connectivity index (χ0) is 20.1. The minimum absolute atomic E-state index is 0.246. The maximum Gasteiger partial charge on any atom is 0.232 e. The third kappa shape index (κ3) is 5.67. The Balaban J connectivity index is 2.36. The second-order valence-corrected chi connectivity index (χ2v) is 8.87. The van der Waals surface area contributed by atoms with E-state index in [1.807, 2.05) is 0 Å². The van der Waals surface area contributed by atoms with Crippen molar-refractivity contribution in [3.05, 3.63) is 0 Å². The monoisotopic (exact) mass is 378 g/mol. The van der Waals surface area contributed by atoms with Gasteiger partial charge in [0.2, 0.25) is 17.8 Å². The lowest BCUT2D eigenvalue weighted by Gasteiger charge is -2.54. The molecule has 154 valence electrons. The van der Waals surface area contributed by atoms with E-state index in [0.717, 1.165) is 38.8 Å². The molecule has 1 saturated heterocycles. The Morgan fingerprint density at radius 1 is 0.889 bits per heavy atom. The molecule has 2 heterocycles. The largest absolute Gasteiger partial charge is 0.393 e. The third-order valence-corrected chi connectivity index (χ3v) is 5.13. The summed E-state index contributed by atoms with van der Waals surface area (Å²) in [6, 6.07) is 0. The number of aliphatic hydroxyl groups excluding tert-OH is 1. The fraction of sp³-hybridized carbons (Fsp3) is 0.850. The van der Waals surface area contributed by atoms with Gasteiger partial charge in [0.1, 0.15) is 0 Å². The second-order valence-electron chi connectivity index (χ2n) is 8.87. The number of aromatic nitrogens is 3. The van der Waals surface area contributed by atoms with Crippen LogP contribution in [0.4, 0.5) is 17.8 Å². The van der Waals surface area contributed by atoms with Gasteiger partial charge < -0.3 is 20.6 Å². The molecule has 0 saturated carbocycles. The molecule has 27 heavy (non-hydrogen) atoms. The molecular formula is C20H38N6O. The smallest absolute Gasteiger partial charge is 0.232 e. The van der Waals surface area contributed by atoms with Gasteiger partial charge in [0, 0.05) is 24.2 Å². The average molecular weight is 379 g/mol. The van der Waals surface area contributed by atoms with Crippen LogP contribution in [0.15, 0.2) is 0 Å². The van der Waals surface area contributed by atoms with E-state index in [0.29, 0.717) is 30.7 Å². The van der Waals surface area contributed by atoms with Crippen LogP contribution in [0.1, 0.15) is 80.1 Å². The van der Waals surface area contributed by atoms with Gasteiger partial charge in [0.05, 0.1) is 6.10 Å². The van der Waals surface area contributed by atoms with Crippen molar-refractivity contribution in [2.24, 2.45) is 0 Å².